The molecule has 0 bridgehead atoms. The molecule has 1 aliphatic rings. The molecule has 23 heavy (non-hydrogen) atoms. The molecule has 1 fully saturated rings. The molecule has 1 aromatic heterocycles. The Morgan fingerprint density at radius 2 is 2.26 bits per heavy atom. The summed E-state index contributed by atoms with van der Waals surface area (Å²) in [5.41, 5.74) is 0.974. The van der Waals surface area contributed by atoms with Gasteiger partial charge in [-0.3, -0.25) is 14.6 Å². The second-order valence-corrected chi connectivity index (χ2v) is 5.84. The highest BCUT2D eigenvalue weighted by molar-refractivity contribution is 5.87. The first-order chi connectivity index (χ1) is 11.1. The summed E-state index contributed by atoms with van der Waals surface area (Å²) in [5, 5.41) is 0. The number of piperidine rings is 1. The number of ether oxygens (including phenoxy) is 1. The van der Waals surface area contributed by atoms with Crippen LogP contribution in [0.25, 0.3) is 0 Å². The van der Waals surface area contributed by atoms with Crippen molar-refractivity contribution < 1.29 is 14.3 Å². The minimum Gasteiger partial charge on any atom is -0.383 e. The maximum Gasteiger partial charge on any atom is 0.245 e. The number of aromatic nitrogens is 1. The standard InChI is InChI=1S/C17H25N3O3/c1-14(21)20-9-4-3-7-16(20)17(22)19(10-11-23-2)13-15-6-5-8-18-12-15/h5-6,8,12,16H,3-4,7,9-11,13H2,1-2H3. The molecule has 1 atom stereocenters. The third-order valence-electron chi connectivity index (χ3n) is 4.17. The molecular formula is C17H25N3O3. The van der Waals surface area contributed by atoms with Gasteiger partial charge in [0.05, 0.1) is 6.61 Å². The van der Waals surface area contributed by atoms with Crippen molar-refractivity contribution >= 4 is 11.8 Å². The van der Waals surface area contributed by atoms with Crippen LogP contribution in [0.1, 0.15) is 31.7 Å². The van der Waals surface area contributed by atoms with Gasteiger partial charge in [0.15, 0.2) is 0 Å². The Labute approximate surface area is 137 Å². The molecule has 0 aliphatic carbocycles. The average molecular weight is 319 g/mol. The van der Waals surface area contributed by atoms with E-state index in [0.29, 0.717) is 26.2 Å². The zero-order chi connectivity index (χ0) is 16.7. The minimum absolute atomic E-state index is 0.000744. The van der Waals surface area contributed by atoms with Crippen LogP contribution in [0.2, 0.25) is 0 Å². The van der Waals surface area contributed by atoms with Crippen LogP contribution in [-0.2, 0) is 20.9 Å². The van der Waals surface area contributed by atoms with Crippen molar-refractivity contribution in [2.24, 2.45) is 0 Å². The number of hydrogen-bond acceptors (Lipinski definition) is 4. The van der Waals surface area contributed by atoms with E-state index in [9.17, 15) is 9.59 Å². The van der Waals surface area contributed by atoms with Gasteiger partial charge in [0.25, 0.3) is 0 Å². The van der Waals surface area contributed by atoms with Gasteiger partial charge in [-0.2, -0.15) is 0 Å². The highest BCUT2D eigenvalue weighted by atomic mass is 16.5. The number of rotatable bonds is 6. The smallest absolute Gasteiger partial charge is 0.245 e. The molecule has 2 amide bonds. The number of nitrogens with zero attached hydrogens (tertiary/aromatic N) is 3. The molecule has 1 aromatic rings. The van der Waals surface area contributed by atoms with E-state index in [4.69, 9.17) is 4.74 Å². The highest BCUT2D eigenvalue weighted by Gasteiger charge is 2.33. The second-order valence-electron chi connectivity index (χ2n) is 5.84. The van der Waals surface area contributed by atoms with Crippen molar-refractivity contribution in [3.05, 3.63) is 30.1 Å². The van der Waals surface area contributed by atoms with Crippen molar-refractivity contribution in [2.45, 2.75) is 38.8 Å². The van der Waals surface area contributed by atoms with Gasteiger partial charge in [0.2, 0.25) is 11.8 Å². The molecule has 2 heterocycles. The van der Waals surface area contributed by atoms with Gasteiger partial charge in [0.1, 0.15) is 6.04 Å². The van der Waals surface area contributed by atoms with Gasteiger partial charge in [-0.05, 0) is 30.9 Å². The Morgan fingerprint density at radius 1 is 1.43 bits per heavy atom. The van der Waals surface area contributed by atoms with Crippen molar-refractivity contribution in [1.82, 2.24) is 14.8 Å². The lowest BCUT2D eigenvalue weighted by molar-refractivity contribution is -0.147. The summed E-state index contributed by atoms with van der Waals surface area (Å²) in [5.74, 6) is -0.0306. The molecule has 6 nitrogen and oxygen atoms in total. The first kappa shape index (κ1) is 17.4. The van der Waals surface area contributed by atoms with E-state index in [1.807, 2.05) is 12.1 Å². The topological polar surface area (TPSA) is 62.7 Å². The van der Waals surface area contributed by atoms with Gasteiger partial charge in [-0.15, -0.1) is 0 Å². The summed E-state index contributed by atoms with van der Waals surface area (Å²) in [6, 6.07) is 3.45. The zero-order valence-corrected chi connectivity index (χ0v) is 13.9. The van der Waals surface area contributed by atoms with E-state index >= 15 is 0 Å². The maximum absolute atomic E-state index is 13.0. The third kappa shape index (κ3) is 4.76. The fourth-order valence-corrected chi connectivity index (χ4v) is 2.96. The molecule has 6 heteroatoms. The maximum atomic E-state index is 13.0. The van der Waals surface area contributed by atoms with Gasteiger partial charge < -0.3 is 14.5 Å². The molecule has 1 unspecified atom stereocenters. The van der Waals surface area contributed by atoms with E-state index in [1.54, 1.807) is 29.3 Å². The minimum atomic E-state index is -0.352. The van der Waals surface area contributed by atoms with E-state index in [2.05, 4.69) is 4.98 Å². The monoisotopic (exact) mass is 319 g/mol. The van der Waals surface area contributed by atoms with Gasteiger partial charge in [-0.25, -0.2) is 0 Å². The van der Waals surface area contributed by atoms with Crippen molar-refractivity contribution in [1.29, 1.82) is 0 Å². The van der Waals surface area contributed by atoms with Crippen molar-refractivity contribution in [2.75, 3.05) is 26.8 Å². The third-order valence-corrected chi connectivity index (χ3v) is 4.17. The predicted molar refractivity (Wildman–Crippen MR) is 86.6 cm³/mol. The number of carbonyl (C=O) groups is 2. The first-order valence-electron chi connectivity index (χ1n) is 8.07. The molecule has 0 radical (unpaired) electrons. The van der Waals surface area contributed by atoms with Crippen molar-refractivity contribution in [3.63, 3.8) is 0 Å². The summed E-state index contributed by atoms with van der Waals surface area (Å²) < 4.78 is 5.13. The van der Waals surface area contributed by atoms with Crippen LogP contribution in [0.4, 0.5) is 0 Å². The summed E-state index contributed by atoms with van der Waals surface area (Å²) in [7, 11) is 1.62. The largest absolute Gasteiger partial charge is 0.383 e. The molecule has 0 spiro atoms. The summed E-state index contributed by atoms with van der Waals surface area (Å²) in [6.45, 7) is 3.66. The number of hydrogen-bond donors (Lipinski definition) is 0. The van der Waals surface area contributed by atoms with Gasteiger partial charge in [0, 0.05) is 46.1 Å². The van der Waals surface area contributed by atoms with Crippen LogP contribution in [0.15, 0.2) is 24.5 Å². The van der Waals surface area contributed by atoms with Crippen LogP contribution in [0.5, 0.6) is 0 Å². The van der Waals surface area contributed by atoms with Gasteiger partial charge >= 0.3 is 0 Å². The first-order valence-corrected chi connectivity index (χ1v) is 8.07. The number of methoxy groups -OCH3 is 1. The van der Waals surface area contributed by atoms with Crippen LogP contribution < -0.4 is 0 Å². The average Bonchev–Trinajstić information content (AvgIpc) is 2.58. The Kier molecular flexibility index (Phi) is 6.52. The fraction of sp³-hybridized carbons (Fsp3) is 0.588. The molecule has 0 saturated carbocycles. The lowest BCUT2D eigenvalue weighted by atomic mass is 10.0. The molecule has 1 saturated heterocycles. The van der Waals surface area contributed by atoms with E-state index in [-0.39, 0.29) is 17.9 Å². The summed E-state index contributed by atoms with van der Waals surface area (Å²) >= 11 is 0. The molecule has 0 aromatic carbocycles. The molecular weight excluding hydrogens is 294 g/mol. The molecule has 0 N–H and O–H groups in total. The van der Waals surface area contributed by atoms with Crippen molar-refractivity contribution in [3.8, 4) is 0 Å². The molecule has 2 rings (SSSR count). The summed E-state index contributed by atoms with van der Waals surface area (Å²) in [4.78, 5) is 32.4. The second kappa shape index (κ2) is 8.62. The lowest BCUT2D eigenvalue weighted by Crippen LogP contribution is -2.52. The Hall–Kier alpha value is -1.95. The SMILES string of the molecule is COCCN(Cc1cccnc1)C(=O)C1CCCCN1C(C)=O. The number of likely N-dealkylation sites (tertiary alicyclic amines) is 1. The Bertz CT molecular complexity index is 521. The normalized spacial score (nSPS) is 17.8. The Morgan fingerprint density at radius 3 is 2.91 bits per heavy atom. The van der Waals surface area contributed by atoms with Crippen LogP contribution in [-0.4, -0.2) is 59.4 Å². The quantitative estimate of drug-likeness (QED) is 0.796. The molecule has 126 valence electrons. The lowest BCUT2D eigenvalue weighted by Gasteiger charge is -2.37. The van der Waals surface area contributed by atoms with E-state index < -0.39 is 0 Å². The summed E-state index contributed by atoms with van der Waals surface area (Å²) in [6.07, 6.45) is 6.14. The van der Waals surface area contributed by atoms with Crippen LogP contribution >= 0.6 is 0 Å². The van der Waals surface area contributed by atoms with E-state index in [1.165, 1.54) is 6.92 Å². The predicted octanol–water partition coefficient (Wildman–Crippen LogP) is 1.46. The van der Waals surface area contributed by atoms with Gasteiger partial charge in [-0.1, -0.05) is 6.07 Å². The van der Waals surface area contributed by atoms with Crippen LogP contribution in [0, 0.1) is 0 Å². The van der Waals surface area contributed by atoms with Crippen LogP contribution in [0.3, 0.4) is 0 Å². The van der Waals surface area contributed by atoms with E-state index in [0.717, 1.165) is 24.8 Å². The fourth-order valence-electron chi connectivity index (χ4n) is 2.96. The number of amides is 2. The number of pyridine rings is 1. The molecule has 1 aliphatic heterocycles. The zero-order valence-electron chi connectivity index (χ0n) is 13.9. The Balaban J connectivity index is 2.12. The number of carbonyl (C=O) groups excluding carboxylic acids is 2. The highest BCUT2D eigenvalue weighted by Crippen LogP contribution is 2.20.